The molecule has 1 aliphatic rings. The van der Waals surface area contributed by atoms with E-state index in [1.807, 2.05) is 0 Å². The number of pyridine rings is 2. The Labute approximate surface area is 209 Å². The number of amides is 2. The van der Waals surface area contributed by atoms with Gasteiger partial charge in [0.2, 0.25) is 5.91 Å². The van der Waals surface area contributed by atoms with Gasteiger partial charge in [-0.1, -0.05) is 6.07 Å². The van der Waals surface area contributed by atoms with Crippen LogP contribution in [0.5, 0.6) is 0 Å². The lowest BCUT2D eigenvalue weighted by atomic mass is 10.1. The second-order valence-electron chi connectivity index (χ2n) is 9.20. The van der Waals surface area contributed by atoms with E-state index in [4.69, 9.17) is 5.73 Å². The van der Waals surface area contributed by atoms with Crippen LogP contribution < -0.4 is 5.73 Å². The number of halogens is 3. The van der Waals surface area contributed by atoms with E-state index in [9.17, 15) is 22.8 Å². The molecule has 1 aromatic carbocycles. The van der Waals surface area contributed by atoms with E-state index < -0.39 is 17.8 Å². The molecule has 3 heterocycles. The van der Waals surface area contributed by atoms with E-state index >= 15 is 0 Å². The van der Waals surface area contributed by atoms with E-state index in [1.165, 1.54) is 30.1 Å². The van der Waals surface area contributed by atoms with Crippen molar-refractivity contribution in [3.05, 3.63) is 59.0 Å². The van der Waals surface area contributed by atoms with Crippen molar-refractivity contribution in [3.63, 3.8) is 0 Å². The molecule has 0 saturated heterocycles. The highest BCUT2D eigenvalue weighted by Crippen LogP contribution is 2.33. The molecular weight excluding hydrogens is 487 g/mol. The molecule has 37 heavy (non-hydrogen) atoms. The number of alkyl halides is 3. The van der Waals surface area contributed by atoms with Gasteiger partial charge >= 0.3 is 6.18 Å². The quantitative estimate of drug-likeness (QED) is 0.417. The number of carbonyl (C=O) groups is 2. The predicted octanol–water partition coefficient (Wildman–Crippen LogP) is 3.85. The third-order valence-corrected chi connectivity index (χ3v) is 6.60. The van der Waals surface area contributed by atoms with Gasteiger partial charge in [0.25, 0.3) is 5.91 Å². The number of hydrazine groups is 1. The first-order chi connectivity index (χ1) is 17.5. The standard InChI is InChI=1S/C25H24F3N7O2/c1-13-16(7-9-20(31-13)25(26,27)28)12-35(34(3)23(36)14-4-5-14)24(37)15-6-8-19-17(10-15)21-18(22(29)32-19)11-30-33(21)2/h6-11,14H,4-5,12H2,1-3H3,(H2,29,32). The average molecular weight is 512 g/mol. The molecule has 0 aliphatic heterocycles. The summed E-state index contributed by atoms with van der Waals surface area (Å²) in [6, 6.07) is 7.07. The minimum atomic E-state index is -4.59. The third kappa shape index (κ3) is 4.43. The summed E-state index contributed by atoms with van der Waals surface area (Å²) in [7, 11) is 3.25. The number of hydrogen-bond donors (Lipinski definition) is 1. The van der Waals surface area contributed by atoms with E-state index in [2.05, 4.69) is 15.1 Å². The fourth-order valence-corrected chi connectivity index (χ4v) is 4.34. The lowest BCUT2D eigenvalue weighted by molar-refractivity contribution is -0.144. The largest absolute Gasteiger partial charge is 0.433 e. The van der Waals surface area contributed by atoms with Crippen molar-refractivity contribution in [2.75, 3.05) is 12.8 Å². The van der Waals surface area contributed by atoms with E-state index in [-0.39, 0.29) is 29.6 Å². The van der Waals surface area contributed by atoms with Crippen molar-refractivity contribution in [2.45, 2.75) is 32.5 Å². The predicted molar refractivity (Wildman–Crippen MR) is 130 cm³/mol. The molecule has 0 bridgehead atoms. The molecule has 0 radical (unpaired) electrons. The lowest BCUT2D eigenvalue weighted by Crippen LogP contribution is -2.47. The number of nitrogens with zero attached hydrogens (tertiary/aromatic N) is 6. The number of benzene rings is 1. The molecule has 3 aromatic heterocycles. The Morgan fingerprint density at radius 1 is 1.14 bits per heavy atom. The molecule has 192 valence electrons. The minimum absolute atomic E-state index is 0.120. The Kier molecular flexibility index (Phi) is 5.76. The van der Waals surface area contributed by atoms with Crippen LogP contribution >= 0.6 is 0 Å². The second-order valence-corrected chi connectivity index (χ2v) is 9.20. The summed E-state index contributed by atoms with van der Waals surface area (Å²) in [6.45, 7) is 1.31. The summed E-state index contributed by atoms with van der Waals surface area (Å²) in [4.78, 5) is 34.8. The van der Waals surface area contributed by atoms with Gasteiger partial charge in [-0.15, -0.1) is 0 Å². The molecular formula is C25H24F3N7O2. The molecule has 0 atom stereocenters. The topological polar surface area (TPSA) is 110 Å². The number of anilines is 1. The van der Waals surface area contributed by atoms with Crippen LogP contribution in [0.1, 0.15) is 40.2 Å². The average Bonchev–Trinajstić information content (AvgIpc) is 3.63. The molecule has 1 fully saturated rings. The Morgan fingerprint density at radius 3 is 2.51 bits per heavy atom. The smallest absolute Gasteiger partial charge is 0.383 e. The summed E-state index contributed by atoms with van der Waals surface area (Å²) in [5, 5.41) is 8.03. The fraction of sp³-hybridized carbons (Fsp3) is 0.320. The van der Waals surface area contributed by atoms with Gasteiger partial charge in [0.05, 0.1) is 29.2 Å². The van der Waals surface area contributed by atoms with Crippen LogP contribution in [-0.2, 0) is 24.6 Å². The van der Waals surface area contributed by atoms with Gasteiger partial charge in [0, 0.05) is 36.7 Å². The summed E-state index contributed by atoms with van der Waals surface area (Å²) in [5.74, 6) is -0.582. The number of aromatic nitrogens is 4. The summed E-state index contributed by atoms with van der Waals surface area (Å²) >= 11 is 0. The highest BCUT2D eigenvalue weighted by molar-refractivity contribution is 6.10. The van der Waals surface area contributed by atoms with Gasteiger partial charge in [0.15, 0.2) is 0 Å². The maximum absolute atomic E-state index is 13.8. The van der Waals surface area contributed by atoms with Gasteiger partial charge in [-0.05, 0) is 49.6 Å². The first kappa shape index (κ1) is 24.5. The first-order valence-corrected chi connectivity index (χ1v) is 11.6. The van der Waals surface area contributed by atoms with Gasteiger partial charge < -0.3 is 5.73 Å². The van der Waals surface area contributed by atoms with Crippen molar-refractivity contribution < 1.29 is 22.8 Å². The summed E-state index contributed by atoms with van der Waals surface area (Å²) in [6.07, 6.45) is -1.53. The van der Waals surface area contributed by atoms with Crippen molar-refractivity contribution in [1.29, 1.82) is 0 Å². The highest BCUT2D eigenvalue weighted by atomic mass is 19.4. The Morgan fingerprint density at radius 2 is 1.86 bits per heavy atom. The van der Waals surface area contributed by atoms with Crippen LogP contribution in [0.2, 0.25) is 0 Å². The van der Waals surface area contributed by atoms with Crippen LogP contribution in [0.15, 0.2) is 36.5 Å². The Bertz CT molecular complexity index is 1560. The number of carbonyl (C=O) groups excluding carboxylic acids is 2. The minimum Gasteiger partial charge on any atom is -0.383 e. The monoisotopic (exact) mass is 511 g/mol. The maximum atomic E-state index is 13.8. The van der Waals surface area contributed by atoms with Crippen molar-refractivity contribution in [3.8, 4) is 0 Å². The molecule has 4 aromatic rings. The SMILES string of the molecule is Cc1nc(C(F)(F)F)ccc1CN(C(=O)c1ccc2nc(N)c3cnn(C)c3c2c1)N(C)C(=O)C1CC1. The van der Waals surface area contributed by atoms with E-state index in [0.29, 0.717) is 33.2 Å². The van der Waals surface area contributed by atoms with Crippen LogP contribution in [0, 0.1) is 12.8 Å². The van der Waals surface area contributed by atoms with Gasteiger partial charge in [-0.2, -0.15) is 18.3 Å². The van der Waals surface area contributed by atoms with Crippen LogP contribution in [-0.4, -0.2) is 48.6 Å². The molecule has 2 amide bonds. The van der Waals surface area contributed by atoms with Crippen LogP contribution in [0.3, 0.4) is 0 Å². The Balaban J connectivity index is 1.56. The number of nitrogen functional groups attached to an aromatic ring is 1. The van der Waals surface area contributed by atoms with Crippen molar-refractivity contribution in [1.82, 2.24) is 29.8 Å². The Hall–Kier alpha value is -4.22. The molecule has 0 spiro atoms. The molecule has 1 saturated carbocycles. The summed E-state index contributed by atoms with van der Waals surface area (Å²) < 4.78 is 41.0. The van der Waals surface area contributed by atoms with Crippen molar-refractivity contribution in [2.24, 2.45) is 13.0 Å². The van der Waals surface area contributed by atoms with Crippen LogP contribution in [0.4, 0.5) is 19.0 Å². The fourth-order valence-electron chi connectivity index (χ4n) is 4.34. The highest BCUT2D eigenvalue weighted by Gasteiger charge is 2.37. The van der Waals surface area contributed by atoms with Gasteiger partial charge in [-0.3, -0.25) is 19.3 Å². The second kappa shape index (κ2) is 8.71. The molecule has 0 unspecified atom stereocenters. The number of rotatable bonds is 4. The number of fused-ring (bicyclic) bond motifs is 3. The number of aryl methyl sites for hydroxylation is 2. The van der Waals surface area contributed by atoms with E-state index in [1.54, 1.807) is 36.1 Å². The van der Waals surface area contributed by atoms with Crippen LogP contribution in [0.25, 0.3) is 21.8 Å². The normalized spacial score (nSPS) is 13.8. The van der Waals surface area contributed by atoms with Gasteiger partial charge in [-0.25, -0.2) is 15.0 Å². The zero-order valence-corrected chi connectivity index (χ0v) is 20.4. The van der Waals surface area contributed by atoms with E-state index in [0.717, 1.165) is 18.9 Å². The molecule has 1 aliphatic carbocycles. The van der Waals surface area contributed by atoms with Gasteiger partial charge in [0.1, 0.15) is 11.5 Å². The zero-order chi connectivity index (χ0) is 26.6. The summed E-state index contributed by atoms with van der Waals surface area (Å²) in [5.41, 5.74) is 7.10. The van der Waals surface area contributed by atoms with Crippen molar-refractivity contribution >= 4 is 39.4 Å². The molecule has 2 N–H and O–H groups in total. The maximum Gasteiger partial charge on any atom is 0.433 e. The molecule has 12 heteroatoms. The molecule has 5 rings (SSSR count). The third-order valence-electron chi connectivity index (χ3n) is 6.60. The zero-order valence-electron chi connectivity index (χ0n) is 20.4. The lowest BCUT2D eigenvalue weighted by Gasteiger charge is -2.32. The molecule has 9 nitrogen and oxygen atoms in total. The number of hydrogen-bond acceptors (Lipinski definition) is 6. The number of nitrogens with two attached hydrogens (primary N) is 1. The first-order valence-electron chi connectivity index (χ1n) is 11.6.